The smallest absolute Gasteiger partial charge is 0.271 e. The number of carbonyl (C=O) groups is 2. The molecular weight excluding hydrogens is 434 g/mol. The standard InChI is InChI=1S/C26H25N3O5/c1-33-19-11-8-17(9-12-19)25(31)22-23(28-27)26(32)29(15-16-6-4-3-5-7-16)24(22)18-10-13-20(30)21(14-18)34-2/h3-14,22,24,30H,15,27H2,1-2H3. The van der Waals surface area contributed by atoms with Gasteiger partial charge in [0.1, 0.15) is 11.5 Å². The largest absolute Gasteiger partial charge is 0.504 e. The fourth-order valence-electron chi connectivity index (χ4n) is 4.27. The SMILES string of the molecule is COc1ccc(C(=O)C2C(=NN)C(=O)N(Cc3ccccc3)C2c2ccc(O)c(OC)c2)cc1. The summed E-state index contributed by atoms with van der Waals surface area (Å²) in [5, 5.41) is 13.9. The van der Waals surface area contributed by atoms with Crippen LogP contribution in [0.5, 0.6) is 17.2 Å². The lowest BCUT2D eigenvalue weighted by Gasteiger charge is -2.28. The molecule has 0 saturated carbocycles. The molecule has 0 aliphatic carbocycles. The number of carbonyl (C=O) groups excluding carboxylic acids is 2. The number of phenols is 1. The number of nitrogens with two attached hydrogens (primary N) is 1. The van der Waals surface area contributed by atoms with Crippen molar-refractivity contribution in [3.05, 3.63) is 89.5 Å². The van der Waals surface area contributed by atoms with Gasteiger partial charge in [-0.05, 0) is 47.5 Å². The fourth-order valence-corrected chi connectivity index (χ4v) is 4.27. The van der Waals surface area contributed by atoms with Gasteiger partial charge in [-0.25, -0.2) is 0 Å². The highest BCUT2D eigenvalue weighted by molar-refractivity contribution is 6.46. The number of ether oxygens (including phenoxy) is 2. The van der Waals surface area contributed by atoms with Gasteiger partial charge in [-0.3, -0.25) is 9.59 Å². The van der Waals surface area contributed by atoms with Crippen molar-refractivity contribution in [2.75, 3.05) is 14.2 Å². The minimum atomic E-state index is -0.955. The number of ketones is 1. The first kappa shape index (κ1) is 22.8. The predicted octanol–water partition coefficient (Wildman–Crippen LogP) is 3.31. The molecule has 1 heterocycles. The Morgan fingerprint density at radius 2 is 1.74 bits per heavy atom. The van der Waals surface area contributed by atoms with E-state index in [0.717, 1.165) is 5.56 Å². The molecule has 1 fully saturated rings. The normalized spacial score (nSPS) is 18.8. The quantitative estimate of drug-likeness (QED) is 0.318. The average Bonchev–Trinajstić information content (AvgIpc) is 3.15. The number of likely N-dealkylation sites (tertiary alicyclic amines) is 1. The van der Waals surface area contributed by atoms with Gasteiger partial charge in [-0.1, -0.05) is 36.4 Å². The summed E-state index contributed by atoms with van der Waals surface area (Å²) in [4.78, 5) is 28.8. The number of hydrogen-bond donors (Lipinski definition) is 2. The maximum Gasteiger partial charge on any atom is 0.271 e. The van der Waals surface area contributed by atoms with Crippen molar-refractivity contribution < 1.29 is 24.2 Å². The number of hydrogen-bond acceptors (Lipinski definition) is 7. The number of methoxy groups -OCH3 is 2. The highest BCUT2D eigenvalue weighted by Crippen LogP contribution is 2.42. The van der Waals surface area contributed by atoms with Crippen LogP contribution in [0.4, 0.5) is 0 Å². The Kier molecular flexibility index (Phi) is 6.49. The molecule has 1 saturated heterocycles. The molecule has 1 amide bonds. The van der Waals surface area contributed by atoms with E-state index >= 15 is 0 Å². The van der Waals surface area contributed by atoms with Crippen molar-refractivity contribution in [1.82, 2.24) is 4.90 Å². The molecule has 1 aliphatic heterocycles. The second-order valence-corrected chi connectivity index (χ2v) is 7.88. The third kappa shape index (κ3) is 4.17. The van der Waals surface area contributed by atoms with Crippen LogP contribution in [0.25, 0.3) is 0 Å². The molecule has 3 aromatic carbocycles. The zero-order valence-electron chi connectivity index (χ0n) is 18.8. The number of nitrogens with zero attached hydrogens (tertiary/aromatic N) is 2. The Bertz CT molecular complexity index is 1220. The van der Waals surface area contributed by atoms with Crippen molar-refractivity contribution in [3.8, 4) is 17.2 Å². The fraction of sp³-hybridized carbons (Fsp3) is 0.192. The van der Waals surface area contributed by atoms with Crippen LogP contribution in [-0.4, -0.2) is 41.6 Å². The topological polar surface area (TPSA) is 114 Å². The summed E-state index contributed by atoms with van der Waals surface area (Å²) in [6.45, 7) is 0.249. The molecule has 2 unspecified atom stereocenters. The lowest BCUT2D eigenvalue weighted by atomic mass is 9.85. The first-order valence-corrected chi connectivity index (χ1v) is 10.7. The van der Waals surface area contributed by atoms with Crippen molar-refractivity contribution in [2.24, 2.45) is 16.9 Å². The highest BCUT2D eigenvalue weighted by Gasteiger charge is 2.50. The molecule has 1 aliphatic rings. The highest BCUT2D eigenvalue weighted by atomic mass is 16.5. The number of Topliss-reactive ketones (excluding diaryl/α,β-unsaturated/α-hetero) is 1. The summed E-state index contributed by atoms with van der Waals surface area (Å²) >= 11 is 0. The summed E-state index contributed by atoms with van der Waals surface area (Å²) < 4.78 is 10.5. The van der Waals surface area contributed by atoms with Gasteiger partial charge in [0.2, 0.25) is 0 Å². The molecule has 3 N–H and O–H groups in total. The van der Waals surface area contributed by atoms with Crippen LogP contribution in [0.3, 0.4) is 0 Å². The zero-order valence-corrected chi connectivity index (χ0v) is 18.8. The Balaban J connectivity index is 1.83. The van der Waals surface area contributed by atoms with Gasteiger partial charge < -0.3 is 25.3 Å². The molecule has 2 atom stereocenters. The minimum Gasteiger partial charge on any atom is -0.504 e. The van der Waals surface area contributed by atoms with E-state index in [-0.39, 0.29) is 29.5 Å². The third-order valence-corrected chi connectivity index (χ3v) is 5.96. The van der Waals surface area contributed by atoms with Crippen LogP contribution >= 0.6 is 0 Å². The van der Waals surface area contributed by atoms with Gasteiger partial charge in [0.15, 0.2) is 17.3 Å². The number of phenolic OH excluding ortho intramolecular Hbond substituents is 1. The van der Waals surface area contributed by atoms with Crippen molar-refractivity contribution in [2.45, 2.75) is 12.6 Å². The molecule has 8 nitrogen and oxygen atoms in total. The molecule has 34 heavy (non-hydrogen) atoms. The molecule has 0 aromatic heterocycles. The monoisotopic (exact) mass is 459 g/mol. The molecule has 0 spiro atoms. The summed E-state index contributed by atoms with van der Waals surface area (Å²) in [6.07, 6.45) is 0. The molecule has 0 bridgehead atoms. The summed E-state index contributed by atoms with van der Waals surface area (Å²) in [7, 11) is 2.98. The summed E-state index contributed by atoms with van der Waals surface area (Å²) in [5.41, 5.74) is 1.88. The van der Waals surface area contributed by atoms with E-state index in [1.807, 2.05) is 30.3 Å². The Morgan fingerprint density at radius 1 is 1.03 bits per heavy atom. The van der Waals surface area contributed by atoms with E-state index < -0.39 is 17.9 Å². The number of rotatable bonds is 7. The Morgan fingerprint density at radius 3 is 2.35 bits per heavy atom. The maximum absolute atomic E-state index is 13.7. The van der Waals surface area contributed by atoms with Crippen LogP contribution in [0, 0.1) is 5.92 Å². The molecule has 0 radical (unpaired) electrons. The van der Waals surface area contributed by atoms with Gasteiger partial charge in [-0.2, -0.15) is 5.10 Å². The van der Waals surface area contributed by atoms with Crippen LogP contribution < -0.4 is 15.3 Å². The predicted molar refractivity (Wildman–Crippen MR) is 127 cm³/mol. The molecular formula is C26H25N3O5. The van der Waals surface area contributed by atoms with Crippen molar-refractivity contribution >= 4 is 17.4 Å². The second-order valence-electron chi connectivity index (χ2n) is 7.88. The first-order chi connectivity index (χ1) is 16.5. The maximum atomic E-state index is 13.7. The van der Waals surface area contributed by atoms with Crippen LogP contribution in [-0.2, 0) is 11.3 Å². The number of amides is 1. The van der Waals surface area contributed by atoms with E-state index in [1.165, 1.54) is 13.2 Å². The average molecular weight is 460 g/mol. The van der Waals surface area contributed by atoms with E-state index in [2.05, 4.69) is 5.10 Å². The first-order valence-electron chi connectivity index (χ1n) is 10.7. The van der Waals surface area contributed by atoms with Gasteiger partial charge in [-0.15, -0.1) is 0 Å². The lowest BCUT2D eigenvalue weighted by Crippen LogP contribution is -2.30. The summed E-state index contributed by atoms with van der Waals surface area (Å²) in [6, 6.07) is 20.2. The van der Waals surface area contributed by atoms with E-state index in [4.69, 9.17) is 15.3 Å². The molecule has 3 aromatic rings. The lowest BCUT2D eigenvalue weighted by molar-refractivity contribution is -0.124. The van der Waals surface area contributed by atoms with Gasteiger partial charge in [0, 0.05) is 12.1 Å². The number of benzene rings is 3. The van der Waals surface area contributed by atoms with E-state index in [9.17, 15) is 14.7 Å². The van der Waals surface area contributed by atoms with Gasteiger partial charge in [0.05, 0.1) is 26.2 Å². The van der Waals surface area contributed by atoms with E-state index in [1.54, 1.807) is 48.4 Å². The third-order valence-electron chi connectivity index (χ3n) is 5.96. The number of hydrazone groups is 1. The molecule has 8 heteroatoms. The molecule has 174 valence electrons. The van der Waals surface area contributed by atoms with Crippen LogP contribution in [0.1, 0.15) is 27.5 Å². The second kappa shape index (κ2) is 9.66. The summed E-state index contributed by atoms with van der Waals surface area (Å²) in [5.74, 6) is 4.78. The Hall–Kier alpha value is -4.33. The Labute approximate surface area is 197 Å². The van der Waals surface area contributed by atoms with Gasteiger partial charge >= 0.3 is 0 Å². The minimum absolute atomic E-state index is 0.0196. The van der Waals surface area contributed by atoms with Crippen molar-refractivity contribution in [1.29, 1.82) is 0 Å². The van der Waals surface area contributed by atoms with Gasteiger partial charge in [0.25, 0.3) is 5.91 Å². The van der Waals surface area contributed by atoms with E-state index in [0.29, 0.717) is 16.9 Å². The number of aromatic hydroxyl groups is 1. The van der Waals surface area contributed by atoms with Crippen LogP contribution in [0.15, 0.2) is 77.9 Å². The molecule has 4 rings (SSSR count). The zero-order chi connectivity index (χ0) is 24.2. The van der Waals surface area contributed by atoms with Crippen molar-refractivity contribution in [3.63, 3.8) is 0 Å². The van der Waals surface area contributed by atoms with Crippen LogP contribution in [0.2, 0.25) is 0 Å².